The number of hydrazine groups is 1. The van der Waals surface area contributed by atoms with Crippen molar-refractivity contribution in [1.82, 2.24) is 10.9 Å². The van der Waals surface area contributed by atoms with Crippen LogP contribution in [0.5, 0.6) is 0 Å². The van der Waals surface area contributed by atoms with Gasteiger partial charge in [-0.3, -0.25) is 5.43 Å². The first-order valence-corrected chi connectivity index (χ1v) is 7.58. The highest BCUT2D eigenvalue weighted by Crippen LogP contribution is 2.35. The molecule has 3 atom stereocenters. The Balaban J connectivity index is 2.43. The lowest BCUT2D eigenvalue weighted by molar-refractivity contribution is 0.442. The van der Waals surface area contributed by atoms with Crippen LogP contribution in [-0.2, 0) is 5.41 Å². The third-order valence-electron chi connectivity index (χ3n) is 4.58. The van der Waals surface area contributed by atoms with Crippen molar-refractivity contribution in [3.05, 3.63) is 34.4 Å². The minimum absolute atomic E-state index is 0.190. The molecule has 0 aromatic heterocycles. The number of nitrogens with one attached hydrogen (secondary N) is 2. The van der Waals surface area contributed by atoms with Gasteiger partial charge in [0.1, 0.15) is 0 Å². The van der Waals surface area contributed by atoms with E-state index < -0.39 is 0 Å². The van der Waals surface area contributed by atoms with Crippen LogP contribution in [0, 0.1) is 19.8 Å². The summed E-state index contributed by atoms with van der Waals surface area (Å²) in [7, 11) is 0. The molecule has 112 valence electrons. The van der Waals surface area contributed by atoms with Crippen LogP contribution in [-0.4, -0.2) is 12.6 Å². The van der Waals surface area contributed by atoms with E-state index in [-0.39, 0.29) is 5.41 Å². The van der Waals surface area contributed by atoms with Crippen molar-refractivity contribution in [2.75, 3.05) is 6.54 Å². The zero-order valence-corrected chi connectivity index (χ0v) is 13.7. The summed E-state index contributed by atoms with van der Waals surface area (Å²) in [4.78, 5) is 0. The Hall–Kier alpha value is -0.900. The molecule has 4 N–H and O–H groups in total. The number of hydrogen-bond donors (Lipinski definition) is 3. The van der Waals surface area contributed by atoms with E-state index in [9.17, 15) is 0 Å². The first kappa shape index (κ1) is 15.5. The molecule has 1 aliphatic heterocycles. The maximum Gasteiger partial charge on any atom is 0.0523 e. The highest BCUT2D eigenvalue weighted by atomic mass is 15.4. The molecule has 3 heteroatoms. The Bertz CT molecular complexity index is 464. The molecule has 0 bridgehead atoms. The van der Waals surface area contributed by atoms with Gasteiger partial charge in [0.05, 0.1) is 6.04 Å². The Morgan fingerprint density at radius 3 is 2.10 bits per heavy atom. The minimum Gasteiger partial charge on any atom is -0.330 e. The van der Waals surface area contributed by atoms with Gasteiger partial charge in [0, 0.05) is 12.0 Å². The SMILES string of the molecule is Cc1cc(C(C)(C)C)cc(C)c1C1NNC(C)C1CN. The van der Waals surface area contributed by atoms with Gasteiger partial charge in [-0.05, 0) is 55.0 Å². The van der Waals surface area contributed by atoms with Crippen molar-refractivity contribution in [3.8, 4) is 0 Å². The molecule has 1 fully saturated rings. The number of aryl methyl sites for hydroxylation is 2. The van der Waals surface area contributed by atoms with Crippen molar-refractivity contribution in [1.29, 1.82) is 0 Å². The molecule has 0 amide bonds. The summed E-state index contributed by atoms with van der Waals surface area (Å²) in [5.74, 6) is 0.438. The predicted octanol–water partition coefficient (Wildman–Crippen LogP) is 2.71. The van der Waals surface area contributed by atoms with E-state index in [0.29, 0.717) is 24.5 Å². The van der Waals surface area contributed by atoms with Gasteiger partial charge >= 0.3 is 0 Å². The van der Waals surface area contributed by atoms with Crippen molar-refractivity contribution < 1.29 is 0 Å². The van der Waals surface area contributed by atoms with Crippen LogP contribution in [0.15, 0.2) is 12.1 Å². The lowest BCUT2D eigenvalue weighted by atomic mass is 9.80. The molecule has 0 aliphatic carbocycles. The smallest absolute Gasteiger partial charge is 0.0523 e. The number of nitrogens with two attached hydrogens (primary N) is 1. The molecule has 3 unspecified atom stereocenters. The van der Waals surface area contributed by atoms with Crippen LogP contribution in [0.2, 0.25) is 0 Å². The first-order valence-electron chi connectivity index (χ1n) is 7.58. The fraction of sp³-hybridized carbons (Fsp3) is 0.647. The summed E-state index contributed by atoms with van der Waals surface area (Å²) in [5.41, 5.74) is 18.5. The molecule has 1 saturated heterocycles. The van der Waals surface area contributed by atoms with Crippen LogP contribution in [0.4, 0.5) is 0 Å². The second-order valence-corrected chi connectivity index (χ2v) is 7.23. The van der Waals surface area contributed by atoms with Crippen molar-refractivity contribution in [2.45, 2.75) is 59.0 Å². The molecule has 1 heterocycles. The molecular formula is C17H29N3. The largest absolute Gasteiger partial charge is 0.330 e. The van der Waals surface area contributed by atoms with E-state index in [1.807, 2.05) is 0 Å². The van der Waals surface area contributed by atoms with E-state index in [0.717, 1.165) is 0 Å². The van der Waals surface area contributed by atoms with Gasteiger partial charge in [0.15, 0.2) is 0 Å². The van der Waals surface area contributed by atoms with Crippen LogP contribution in [0.3, 0.4) is 0 Å². The Morgan fingerprint density at radius 2 is 1.65 bits per heavy atom. The summed E-state index contributed by atoms with van der Waals surface area (Å²) >= 11 is 0. The number of benzene rings is 1. The molecule has 2 rings (SSSR count). The topological polar surface area (TPSA) is 50.1 Å². The zero-order valence-electron chi connectivity index (χ0n) is 13.7. The van der Waals surface area contributed by atoms with Crippen LogP contribution < -0.4 is 16.6 Å². The molecule has 20 heavy (non-hydrogen) atoms. The fourth-order valence-electron chi connectivity index (χ4n) is 3.25. The molecular weight excluding hydrogens is 246 g/mol. The summed E-state index contributed by atoms with van der Waals surface area (Å²) in [6.07, 6.45) is 0. The van der Waals surface area contributed by atoms with E-state index >= 15 is 0 Å². The highest BCUT2D eigenvalue weighted by Gasteiger charge is 2.34. The highest BCUT2D eigenvalue weighted by molar-refractivity contribution is 5.43. The molecule has 1 aromatic carbocycles. The Kier molecular flexibility index (Phi) is 4.24. The van der Waals surface area contributed by atoms with Gasteiger partial charge in [0.2, 0.25) is 0 Å². The summed E-state index contributed by atoms with van der Waals surface area (Å²) < 4.78 is 0. The normalized spacial score (nSPS) is 27.1. The van der Waals surface area contributed by atoms with Crippen molar-refractivity contribution in [2.24, 2.45) is 11.7 Å². The quantitative estimate of drug-likeness (QED) is 0.778. The predicted molar refractivity (Wildman–Crippen MR) is 85.6 cm³/mol. The Labute approximate surface area is 123 Å². The van der Waals surface area contributed by atoms with Crippen LogP contribution >= 0.6 is 0 Å². The molecule has 1 aliphatic rings. The van der Waals surface area contributed by atoms with E-state index in [1.165, 1.54) is 22.3 Å². The Morgan fingerprint density at radius 1 is 1.10 bits per heavy atom. The average molecular weight is 275 g/mol. The van der Waals surface area contributed by atoms with Gasteiger partial charge in [-0.1, -0.05) is 32.9 Å². The van der Waals surface area contributed by atoms with E-state index in [2.05, 4.69) is 64.5 Å². The fourth-order valence-corrected chi connectivity index (χ4v) is 3.25. The van der Waals surface area contributed by atoms with Crippen LogP contribution in [0.1, 0.15) is 56.0 Å². The summed E-state index contributed by atoms with van der Waals surface area (Å²) in [6.45, 7) is 14.1. The number of hydrogen-bond acceptors (Lipinski definition) is 3. The lowest BCUT2D eigenvalue weighted by Crippen LogP contribution is -2.30. The zero-order chi connectivity index (χ0) is 15.1. The average Bonchev–Trinajstić information content (AvgIpc) is 2.68. The number of rotatable bonds is 2. The van der Waals surface area contributed by atoms with Gasteiger partial charge in [-0.25, -0.2) is 5.43 Å². The minimum atomic E-state index is 0.190. The monoisotopic (exact) mass is 275 g/mol. The first-order chi connectivity index (χ1) is 9.25. The van der Waals surface area contributed by atoms with Crippen LogP contribution in [0.25, 0.3) is 0 Å². The van der Waals surface area contributed by atoms with E-state index in [4.69, 9.17) is 5.73 Å². The molecule has 0 radical (unpaired) electrons. The van der Waals surface area contributed by atoms with Gasteiger partial charge in [-0.15, -0.1) is 0 Å². The maximum absolute atomic E-state index is 5.97. The molecule has 3 nitrogen and oxygen atoms in total. The third-order valence-corrected chi connectivity index (χ3v) is 4.58. The molecule has 0 saturated carbocycles. The molecule has 0 spiro atoms. The standard InChI is InChI=1S/C17H29N3/c1-10-7-13(17(4,5)6)8-11(2)15(10)16-14(9-18)12(3)19-20-16/h7-8,12,14,16,19-20H,9,18H2,1-6H3. The van der Waals surface area contributed by atoms with Gasteiger partial charge in [0.25, 0.3) is 0 Å². The molecule has 1 aromatic rings. The van der Waals surface area contributed by atoms with Gasteiger partial charge in [-0.2, -0.15) is 0 Å². The van der Waals surface area contributed by atoms with E-state index in [1.54, 1.807) is 0 Å². The lowest BCUT2D eigenvalue weighted by Gasteiger charge is -2.27. The third kappa shape index (κ3) is 2.76. The second-order valence-electron chi connectivity index (χ2n) is 7.23. The maximum atomic E-state index is 5.97. The second kappa shape index (κ2) is 5.47. The van der Waals surface area contributed by atoms with Crippen molar-refractivity contribution >= 4 is 0 Å². The van der Waals surface area contributed by atoms with Crippen molar-refractivity contribution in [3.63, 3.8) is 0 Å². The summed E-state index contributed by atoms with van der Waals surface area (Å²) in [6, 6.07) is 5.39. The van der Waals surface area contributed by atoms with Gasteiger partial charge < -0.3 is 5.73 Å². The summed E-state index contributed by atoms with van der Waals surface area (Å²) in [5, 5.41) is 0.